The summed E-state index contributed by atoms with van der Waals surface area (Å²) in [6.45, 7) is 1.19. The van der Waals surface area contributed by atoms with Crippen LogP contribution in [0.15, 0.2) is 34.2 Å². The van der Waals surface area contributed by atoms with Gasteiger partial charge in [-0.1, -0.05) is 18.2 Å². The fraction of sp³-hybridized carbons (Fsp3) is 0.250. The summed E-state index contributed by atoms with van der Waals surface area (Å²) < 4.78 is 0.988. The maximum Gasteiger partial charge on any atom is 0.273 e. The number of benzene rings is 1. The van der Waals surface area contributed by atoms with Crippen LogP contribution < -0.4 is 0 Å². The lowest BCUT2D eigenvalue weighted by molar-refractivity contribution is -0.385. The van der Waals surface area contributed by atoms with Gasteiger partial charge >= 0.3 is 0 Å². The second kappa shape index (κ2) is 6.23. The summed E-state index contributed by atoms with van der Waals surface area (Å²) in [5.74, 6) is 0. The first-order valence-electron chi connectivity index (χ1n) is 5.57. The highest BCUT2D eigenvalue weighted by Crippen LogP contribution is 2.22. The summed E-state index contributed by atoms with van der Waals surface area (Å²) in [6, 6.07) is 6.81. The van der Waals surface area contributed by atoms with E-state index in [1.54, 1.807) is 29.7 Å². The maximum absolute atomic E-state index is 10.9. The minimum atomic E-state index is -0.344. The smallest absolute Gasteiger partial charge is 0.273 e. The monoisotopic (exact) mass is 341 g/mol. The first-order chi connectivity index (χ1) is 9.06. The van der Waals surface area contributed by atoms with Crippen molar-refractivity contribution in [3.63, 3.8) is 0 Å². The van der Waals surface area contributed by atoms with Crippen molar-refractivity contribution < 1.29 is 4.92 Å². The molecule has 1 heterocycles. The van der Waals surface area contributed by atoms with Crippen molar-refractivity contribution in [1.82, 2.24) is 9.88 Å². The number of rotatable bonds is 5. The second-order valence-corrected chi connectivity index (χ2v) is 6.61. The van der Waals surface area contributed by atoms with Crippen LogP contribution in [0.4, 0.5) is 5.69 Å². The van der Waals surface area contributed by atoms with Crippen LogP contribution in [0.5, 0.6) is 0 Å². The molecule has 0 saturated carbocycles. The highest BCUT2D eigenvalue weighted by Gasteiger charge is 2.14. The third kappa shape index (κ3) is 3.82. The number of thiazole rings is 1. The molecule has 0 N–H and O–H groups in total. The average Bonchev–Trinajstić information content (AvgIpc) is 2.75. The van der Waals surface area contributed by atoms with E-state index in [4.69, 9.17) is 0 Å². The Labute approximate surface area is 123 Å². The number of nitro groups is 1. The number of nitrogens with zero attached hydrogens (tertiary/aromatic N) is 3. The summed E-state index contributed by atoms with van der Waals surface area (Å²) in [6.07, 6.45) is 1.76. The molecule has 100 valence electrons. The number of nitro benzene ring substituents is 1. The Morgan fingerprint density at radius 2 is 2.16 bits per heavy atom. The zero-order chi connectivity index (χ0) is 13.8. The molecule has 0 spiro atoms. The van der Waals surface area contributed by atoms with Crippen molar-refractivity contribution >= 4 is 33.0 Å². The minimum Gasteiger partial charge on any atom is -0.295 e. The van der Waals surface area contributed by atoms with Crippen molar-refractivity contribution in [2.45, 2.75) is 13.1 Å². The fourth-order valence-electron chi connectivity index (χ4n) is 1.76. The summed E-state index contributed by atoms with van der Waals surface area (Å²) >= 11 is 4.93. The first-order valence-corrected chi connectivity index (χ1v) is 7.18. The van der Waals surface area contributed by atoms with E-state index in [1.807, 2.05) is 18.0 Å². The van der Waals surface area contributed by atoms with Gasteiger partial charge in [0.1, 0.15) is 5.01 Å². The van der Waals surface area contributed by atoms with Crippen molar-refractivity contribution in [1.29, 1.82) is 0 Å². The minimum absolute atomic E-state index is 0.162. The normalized spacial score (nSPS) is 10.9. The molecule has 0 saturated heterocycles. The zero-order valence-corrected chi connectivity index (χ0v) is 12.6. The van der Waals surface area contributed by atoms with E-state index in [-0.39, 0.29) is 10.6 Å². The molecule has 0 aliphatic rings. The molecule has 0 aliphatic carbocycles. The quantitative estimate of drug-likeness (QED) is 0.617. The van der Waals surface area contributed by atoms with Gasteiger partial charge in [-0.15, -0.1) is 11.3 Å². The number of halogens is 1. The first kappa shape index (κ1) is 14.1. The van der Waals surface area contributed by atoms with E-state index >= 15 is 0 Å². The molecule has 2 aromatic rings. The van der Waals surface area contributed by atoms with Crippen LogP contribution >= 0.6 is 27.3 Å². The van der Waals surface area contributed by atoms with Gasteiger partial charge in [0.25, 0.3) is 5.69 Å². The van der Waals surface area contributed by atoms with Crippen LogP contribution in [-0.4, -0.2) is 21.9 Å². The SMILES string of the molecule is CN(Cc1ncc(Br)s1)Cc1ccccc1[N+](=O)[O-]. The molecule has 0 fully saturated rings. The van der Waals surface area contributed by atoms with Gasteiger partial charge in [-0.25, -0.2) is 4.98 Å². The lowest BCUT2D eigenvalue weighted by Gasteiger charge is -2.14. The van der Waals surface area contributed by atoms with Gasteiger partial charge in [-0.3, -0.25) is 15.0 Å². The Balaban J connectivity index is 2.06. The summed E-state index contributed by atoms with van der Waals surface area (Å²) in [7, 11) is 1.92. The molecule has 0 amide bonds. The Morgan fingerprint density at radius 3 is 2.79 bits per heavy atom. The molecule has 0 atom stereocenters. The van der Waals surface area contributed by atoms with Crippen molar-refractivity contribution in [2.24, 2.45) is 0 Å². The second-order valence-electron chi connectivity index (χ2n) is 4.12. The van der Waals surface area contributed by atoms with Gasteiger partial charge in [-0.2, -0.15) is 0 Å². The van der Waals surface area contributed by atoms with Crippen molar-refractivity contribution in [3.05, 3.63) is 54.9 Å². The molecule has 5 nitrogen and oxygen atoms in total. The van der Waals surface area contributed by atoms with Crippen LogP contribution in [0.1, 0.15) is 10.6 Å². The summed E-state index contributed by atoms with van der Waals surface area (Å²) in [5, 5.41) is 11.9. The zero-order valence-electron chi connectivity index (χ0n) is 10.2. The fourth-order valence-corrected chi connectivity index (χ4v) is 3.15. The molecule has 19 heavy (non-hydrogen) atoms. The van der Waals surface area contributed by atoms with E-state index in [1.165, 1.54) is 6.07 Å². The standard InChI is InChI=1S/C12H12BrN3O2S/c1-15(8-12-14-6-11(13)19-12)7-9-4-2-3-5-10(9)16(17)18/h2-6H,7-8H2,1H3. The number of aromatic nitrogens is 1. The highest BCUT2D eigenvalue weighted by atomic mass is 79.9. The summed E-state index contributed by atoms with van der Waals surface area (Å²) in [4.78, 5) is 16.8. The van der Waals surface area contributed by atoms with Gasteiger partial charge in [0.15, 0.2) is 0 Å². The molecular formula is C12H12BrN3O2S. The number of hydrogen-bond donors (Lipinski definition) is 0. The molecular weight excluding hydrogens is 330 g/mol. The van der Waals surface area contributed by atoms with Gasteiger partial charge in [0.2, 0.25) is 0 Å². The molecule has 0 unspecified atom stereocenters. The molecule has 2 rings (SSSR count). The van der Waals surface area contributed by atoms with Crippen LogP contribution in [0.3, 0.4) is 0 Å². The van der Waals surface area contributed by atoms with E-state index in [9.17, 15) is 10.1 Å². The van der Waals surface area contributed by atoms with Crippen LogP contribution in [-0.2, 0) is 13.1 Å². The van der Waals surface area contributed by atoms with Gasteiger partial charge in [0, 0.05) is 18.2 Å². The highest BCUT2D eigenvalue weighted by molar-refractivity contribution is 9.11. The molecule has 0 radical (unpaired) electrons. The van der Waals surface area contributed by atoms with E-state index in [0.717, 1.165) is 8.79 Å². The van der Waals surface area contributed by atoms with Crippen LogP contribution in [0.25, 0.3) is 0 Å². The number of para-hydroxylation sites is 1. The third-order valence-corrected chi connectivity index (χ3v) is 4.02. The Hall–Kier alpha value is -1.31. The maximum atomic E-state index is 10.9. The molecule has 0 bridgehead atoms. The van der Waals surface area contributed by atoms with Gasteiger partial charge in [-0.05, 0) is 23.0 Å². The Morgan fingerprint density at radius 1 is 1.42 bits per heavy atom. The largest absolute Gasteiger partial charge is 0.295 e. The van der Waals surface area contributed by atoms with Crippen molar-refractivity contribution in [3.8, 4) is 0 Å². The predicted molar refractivity (Wildman–Crippen MR) is 78.1 cm³/mol. The van der Waals surface area contributed by atoms with E-state index in [0.29, 0.717) is 18.7 Å². The third-order valence-electron chi connectivity index (χ3n) is 2.56. The topological polar surface area (TPSA) is 59.3 Å². The Kier molecular flexibility index (Phi) is 4.62. The van der Waals surface area contributed by atoms with Gasteiger partial charge in [0.05, 0.1) is 21.5 Å². The lowest BCUT2D eigenvalue weighted by atomic mass is 10.1. The van der Waals surface area contributed by atoms with Crippen LogP contribution in [0.2, 0.25) is 0 Å². The van der Waals surface area contributed by atoms with E-state index in [2.05, 4.69) is 20.9 Å². The molecule has 1 aromatic heterocycles. The predicted octanol–water partition coefficient (Wildman–Crippen LogP) is 3.45. The summed E-state index contributed by atoms with van der Waals surface area (Å²) in [5.41, 5.74) is 0.875. The number of hydrogen-bond acceptors (Lipinski definition) is 5. The van der Waals surface area contributed by atoms with E-state index < -0.39 is 0 Å². The molecule has 0 aliphatic heterocycles. The van der Waals surface area contributed by atoms with Gasteiger partial charge < -0.3 is 0 Å². The van der Waals surface area contributed by atoms with Crippen molar-refractivity contribution in [2.75, 3.05) is 7.05 Å². The lowest BCUT2D eigenvalue weighted by Crippen LogP contribution is -2.17. The average molecular weight is 342 g/mol. The molecule has 1 aromatic carbocycles. The van der Waals surface area contributed by atoms with Crippen LogP contribution in [0, 0.1) is 10.1 Å². The molecule has 7 heteroatoms. The Bertz CT molecular complexity index is 588.